The van der Waals surface area contributed by atoms with Crippen molar-refractivity contribution in [2.75, 3.05) is 0 Å². The van der Waals surface area contributed by atoms with Gasteiger partial charge in [-0.2, -0.15) is 0 Å². The van der Waals surface area contributed by atoms with E-state index in [-0.39, 0.29) is 0 Å². The van der Waals surface area contributed by atoms with Crippen LogP contribution in [-0.2, 0) is 13.5 Å². The third-order valence-corrected chi connectivity index (χ3v) is 9.94. The van der Waals surface area contributed by atoms with Gasteiger partial charge >= 0.3 is 0 Å². The zero-order chi connectivity index (χ0) is 29.9. The fraction of sp³-hybridized carbons (Fsp3) is 0.171. The Morgan fingerprint density at radius 3 is 1.55 bits per heavy atom. The third-order valence-electron chi connectivity index (χ3n) is 9.94. The second kappa shape index (κ2) is 9.00. The topological polar surface area (TPSA) is 14.8 Å². The van der Waals surface area contributed by atoms with Crippen LogP contribution >= 0.6 is 0 Å². The molecule has 5 aromatic carbocycles. The number of fused-ring (bicyclic) bond motifs is 9. The number of aryl methyl sites for hydroxylation is 4. The molecule has 0 fully saturated rings. The van der Waals surface area contributed by atoms with Gasteiger partial charge in [0.15, 0.2) is 0 Å². The van der Waals surface area contributed by atoms with Crippen LogP contribution in [0.3, 0.4) is 0 Å². The minimum atomic E-state index is 0.551. The van der Waals surface area contributed by atoms with Crippen LogP contribution in [0.1, 0.15) is 34.9 Å². The molecule has 0 amide bonds. The van der Waals surface area contributed by atoms with Gasteiger partial charge in [-0.25, -0.2) is 0 Å². The molecule has 0 N–H and O–H groups in total. The van der Waals surface area contributed by atoms with E-state index in [4.69, 9.17) is 0 Å². The summed E-state index contributed by atoms with van der Waals surface area (Å²) in [6.45, 7) is 8.88. The first-order valence-corrected chi connectivity index (χ1v) is 15.7. The van der Waals surface area contributed by atoms with E-state index >= 15 is 0 Å². The molecule has 0 saturated heterocycles. The van der Waals surface area contributed by atoms with Crippen LogP contribution in [0, 0.1) is 26.7 Å². The van der Waals surface area contributed by atoms with Crippen molar-refractivity contribution >= 4 is 60.6 Å². The molecule has 3 aromatic heterocycles. The minimum absolute atomic E-state index is 0.551. The van der Waals surface area contributed by atoms with Crippen molar-refractivity contribution in [1.82, 2.24) is 13.7 Å². The highest BCUT2D eigenvalue weighted by Gasteiger charge is 2.22. The van der Waals surface area contributed by atoms with Gasteiger partial charge in [0.1, 0.15) is 0 Å². The highest BCUT2D eigenvalue weighted by molar-refractivity contribution is 6.12. The maximum absolute atomic E-state index is 2.48. The fourth-order valence-corrected chi connectivity index (χ4v) is 7.80. The summed E-state index contributed by atoms with van der Waals surface area (Å²) in [5.41, 5.74) is 15.4. The Morgan fingerprint density at radius 2 is 0.977 bits per heavy atom. The average Bonchev–Trinajstić information content (AvgIpc) is 3.61. The van der Waals surface area contributed by atoms with Gasteiger partial charge in [-0.1, -0.05) is 47.9 Å². The quantitative estimate of drug-likeness (QED) is 0.197. The first kappa shape index (κ1) is 25.5. The maximum atomic E-state index is 2.48. The van der Waals surface area contributed by atoms with E-state index in [1.807, 2.05) is 0 Å². The Balaban J connectivity index is 1.31. The van der Waals surface area contributed by atoms with Gasteiger partial charge in [-0.3, -0.25) is 0 Å². The maximum Gasteiger partial charge on any atom is 0.0541 e. The fourth-order valence-electron chi connectivity index (χ4n) is 7.80. The molecule has 1 aliphatic carbocycles. The van der Waals surface area contributed by atoms with Crippen molar-refractivity contribution in [3.63, 3.8) is 0 Å². The molecule has 0 aliphatic heterocycles. The van der Waals surface area contributed by atoms with Crippen molar-refractivity contribution in [2.45, 2.75) is 34.1 Å². The predicted octanol–water partition coefficient (Wildman–Crippen LogP) is 10.5. The Kier molecular flexibility index (Phi) is 5.21. The van der Waals surface area contributed by atoms with Crippen molar-refractivity contribution in [1.29, 1.82) is 0 Å². The van der Waals surface area contributed by atoms with Gasteiger partial charge < -0.3 is 13.7 Å². The molecule has 3 heteroatoms. The molecular formula is C41H35N3. The van der Waals surface area contributed by atoms with Crippen molar-refractivity contribution in [3.05, 3.63) is 125 Å². The van der Waals surface area contributed by atoms with Gasteiger partial charge in [0.25, 0.3) is 0 Å². The first-order valence-electron chi connectivity index (χ1n) is 15.7. The summed E-state index contributed by atoms with van der Waals surface area (Å²) >= 11 is 0. The normalized spacial score (nSPS) is 15.0. The van der Waals surface area contributed by atoms with E-state index in [0.717, 1.165) is 6.42 Å². The summed E-state index contributed by atoms with van der Waals surface area (Å²) in [7, 11) is 2.19. The molecule has 0 bridgehead atoms. The lowest BCUT2D eigenvalue weighted by Gasteiger charge is -2.15. The second-order valence-electron chi connectivity index (χ2n) is 13.1. The second-order valence-corrected chi connectivity index (χ2v) is 13.1. The van der Waals surface area contributed by atoms with Crippen LogP contribution in [0.2, 0.25) is 0 Å². The molecule has 9 rings (SSSR count). The summed E-state index contributed by atoms with van der Waals surface area (Å²) in [4.78, 5) is 0. The van der Waals surface area contributed by atoms with Crippen LogP contribution in [-0.4, -0.2) is 13.7 Å². The molecule has 8 aromatic rings. The number of nitrogens with zero attached hydrogens (tertiary/aromatic N) is 3. The van der Waals surface area contributed by atoms with Gasteiger partial charge in [0.2, 0.25) is 0 Å². The molecule has 1 aliphatic rings. The van der Waals surface area contributed by atoms with Crippen LogP contribution in [0.25, 0.3) is 72.0 Å². The molecule has 3 nitrogen and oxygen atoms in total. The largest absolute Gasteiger partial charge is 0.344 e. The van der Waals surface area contributed by atoms with Crippen LogP contribution in [0.15, 0.2) is 97.1 Å². The van der Waals surface area contributed by atoms with Gasteiger partial charge in [-0.15, -0.1) is 0 Å². The number of benzene rings is 5. The molecule has 3 heterocycles. The van der Waals surface area contributed by atoms with Gasteiger partial charge in [-0.05, 0) is 118 Å². The molecule has 1 atom stereocenters. The minimum Gasteiger partial charge on any atom is -0.344 e. The first-order chi connectivity index (χ1) is 21.4. The van der Waals surface area contributed by atoms with Crippen LogP contribution < -0.4 is 0 Å². The summed E-state index contributed by atoms with van der Waals surface area (Å²) < 4.78 is 7.26. The molecule has 44 heavy (non-hydrogen) atoms. The highest BCUT2D eigenvalue weighted by Crippen LogP contribution is 2.39. The third kappa shape index (κ3) is 3.50. The summed E-state index contributed by atoms with van der Waals surface area (Å²) in [6.07, 6.45) is 5.79. The Bertz CT molecular complexity index is 2470. The molecule has 0 saturated carbocycles. The lowest BCUT2D eigenvalue weighted by Crippen LogP contribution is -2.05. The van der Waals surface area contributed by atoms with E-state index in [0.29, 0.717) is 5.92 Å². The van der Waals surface area contributed by atoms with E-state index in [1.54, 1.807) is 0 Å². The van der Waals surface area contributed by atoms with E-state index < -0.39 is 0 Å². The summed E-state index contributed by atoms with van der Waals surface area (Å²) in [5.74, 6) is 0.551. The Labute approximate surface area is 257 Å². The number of hydrogen-bond acceptors (Lipinski definition) is 0. The van der Waals surface area contributed by atoms with Gasteiger partial charge in [0, 0.05) is 62.1 Å². The van der Waals surface area contributed by atoms with Crippen molar-refractivity contribution < 1.29 is 0 Å². The zero-order valence-electron chi connectivity index (χ0n) is 25.9. The molecule has 0 radical (unpaired) electrons. The van der Waals surface area contributed by atoms with Crippen LogP contribution in [0.4, 0.5) is 0 Å². The molecule has 0 spiro atoms. The van der Waals surface area contributed by atoms with Gasteiger partial charge in [0.05, 0.1) is 16.6 Å². The number of aromatic nitrogens is 3. The number of allylic oxidation sites excluding steroid dienone is 1. The van der Waals surface area contributed by atoms with E-state index in [9.17, 15) is 0 Å². The lowest BCUT2D eigenvalue weighted by atomic mass is 9.93. The monoisotopic (exact) mass is 569 g/mol. The SMILES string of the molecule is Cc1ccc2c(c1)c1c(n2-c2ccc3c(c2)c2cc(-n4c5ccc(C)cc5c5cc(C)ccc54)ccc2n3C)C=C[C@@H](C)C1. The smallest absolute Gasteiger partial charge is 0.0541 e. The predicted molar refractivity (Wildman–Crippen MR) is 188 cm³/mol. The zero-order valence-corrected chi connectivity index (χ0v) is 25.9. The summed E-state index contributed by atoms with van der Waals surface area (Å²) in [5, 5.41) is 6.57. The average molecular weight is 570 g/mol. The van der Waals surface area contributed by atoms with E-state index in [1.165, 1.54) is 93.8 Å². The lowest BCUT2D eigenvalue weighted by molar-refractivity contribution is 0.718. The van der Waals surface area contributed by atoms with Crippen LogP contribution in [0.5, 0.6) is 0 Å². The molecular weight excluding hydrogens is 534 g/mol. The Hall–Kier alpha value is -5.02. The molecule has 0 unspecified atom stereocenters. The number of rotatable bonds is 2. The standard InChI is InChI=1S/C41H35N3/c1-24-6-12-38-30(18-24)31-19-25(2)7-13-39(31)43(38)28-10-16-36-34(22-28)35-23-29(11-17-37(35)42(36)5)44-40-14-8-26(3)20-32(40)33-21-27(4)9-15-41(33)44/h6-20,22-23,27H,21H2,1-5H3/t27-/m1/s1. The molecule has 214 valence electrons. The van der Waals surface area contributed by atoms with E-state index in [2.05, 4.69) is 152 Å². The number of hydrogen-bond donors (Lipinski definition) is 0. The summed E-state index contributed by atoms with van der Waals surface area (Å²) in [6, 6.07) is 34.6. The Morgan fingerprint density at radius 1 is 0.523 bits per heavy atom. The highest BCUT2D eigenvalue weighted by atomic mass is 15.0. The van der Waals surface area contributed by atoms with Crippen molar-refractivity contribution in [3.8, 4) is 11.4 Å². The van der Waals surface area contributed by atoms with Crippen molar-refractivity contribution in [2.24, 2.45) is 13.0 Å².